The van der Waals surface area contributed by atoms with Crippen LogP contribution in [0.1, 0.15) is 12.0 Å². The van der Waals surface area contributed by atoms with Gasteiger partial charge in [-0.15, -0.1) is 0 Å². The predicted molar refractivity (Wildman–Crippen MR) is 110 cm³/mol. The second kappa shape index (κ2) is 8.32. The van der Waals surface area contributed by atoms with Gasteiger partial charge in [-0.2, -0.15) is 18.2 Å². The van der Waals surface area contributed by atoms with Gasteiger partial charge in [0.1, 0.15) is 5.69 Å². The number of nitrogens with one attached hydrogen (secondary N) is 1. The normalized spacial score (nSPS) is 11.8. The molecule has 0 aliphatic carbocycles. The zero-order valence-electron chi connectivity index (χ0n) is 15.8. The van der Waals surface area contributed by atoms with E-state index in [1.165, 1.54) is 6.20 Å². The quantitative estimate of drug-likeness (QED) is 0.383. The molecule has 0 spiro atoms. The SMILES string of the molecule is O=C(O)CCNc1ccc(-c2noc(-c3cn4cc(C(F)(F)F)cc(Cl)c4n3)n2)c(Cl)c1. The molecule has 3 heterocycles. The van der Waals surface area contributed by atoms with E-state index in [1.807, 2.05) is 0 Å². The first-order valence-corrected chi connectivity index (χ1v) is 9.72. The van der Waals surface area contributed by atoms with Crippen LogP contribution in [0, 0.1) is 0 Å². The number of hydrogen-bond acceptors (Lipinski definition) is 6. The molecule has 32 heavy (non-hydrogen) atoms. The van der Waals surface area contributed by atoms with E-state index >= 15 is 0 Å². The fourth-order valence-corrected chi connectivity index (χ4v) is 3.39. The lowest BCUT2D eigenvalue weighted by molar-refractivity contribution is -0.138. The molecule has 0 bridgehead atoms. The summed E-state index contributed by atoms with van der Waals surface area (Å²) in [6.07, 6.45) is -2.46. The maximum atomic E-state index is 13.0. The summed E-state index contributed by atoms with van der Waals surface area (Å²) in [6.45, 7) is 0.226. The highest BCUT2D eigenvalue weighted by atomic mass is 35.5. The first-order valence-electron chi connectivity index (χ1n) is 8.97. The minimum Gasteiger partial charge on any atom is -0.481 e. The molecule has 3 aromatic heterocycles. The second-order valence-corrected chi connectivity index (χ2v) is 7.43. The maximum Gasteiger partial charge on any atom is 0.417 e. The van der Waals surface area contributed by atoms with Gasteiger partial charge in [0.15, 0.2) is 5.65 Å². The molecule has 0 saturated carbocycles. The van der Waals surface area contributed by atoms with Crippen molar-refractivity contribution >= 4 is 40.5 Å². The molecule has 0 radical (unpaired) electrons. The molecular formula is C19H12Cl2F3N5O3. The number of nitrogens with zero attached hydrogens (tertiary/aromatic N) is 4. The summed E-state index contributed by atoms with van der Waals surface area (Å²) in [5, 5.41) is 15.6. The summed E-state index contributed by atoms with van der Waals surface area (Å²) >= 11 is 12.2. The molecule has 166 valence electrons. The van der Waals surface area contributed by atoms with E-state index in [-0.39, 0.29) is 46.1 Å². The van der Waals surface area contributed by atoms with Crippen molar-refractivity contribution in [1.29, 1.82) is 0 Å². The highest BCUT2D eigenvalue weighted by Gasteiger charge is 2.32. The van der Waals surface area contributed by atoms with E-state index in [2.05, 4.69) is 20.4 Å². The molecule has 1 aromatic carbocycles. The number of benzene rings is 1. The number of imidazole rings is 1. The maximum absolute atomic E-state index is 13.0. The van der Waals surface area contributed by atoms with E-state index < -0.39 is 17.7 Å². The van der Waals surface area contributed by atoms with Crippen LogP contribution in [0.15, 0.2) is 41.2 Å². The molecule has 0 fully saturated rings. The van der Waals surface area contributed by atoms with Crippen LogP contribution in [0.4, 0.5) is 18.9 Å². The lowest BCUT2D eigenvalue weighted by Gasteiger charge is -2.07. The van der Waals surface area contributed by atoms with Gasteiger partial charge in [0.05, 0.1) is 22.0 Å². The molecule has 8 nitrogen and oxygen atoms in total. The fourth-order valence-electron chi connectivity index (χ4n) is 2.87. The molecule has 4 aromatic rings. The molecule has 0 atom stereocenters. The third-order valence-corrected chi connectivity index (χ3v) is 4.95. The van der Waals surface area contributed by atoms with Gasteiger partial charge in [0.25, 0.3) is 5.89 Å². The monoisotopic (exact) mass is 485 g/mol. The van der Waals surface area contributed by atoms with Gasteiger partial charge < -0.3 is 19.3 Å². The van der Waals surface area contributed by atoms with Crippen molar-refractivity contribution in [3.8, 4) is 23.0 Å². The molecule has 13 heteroatoms. The first-order chi connectivity index (χ1) is 15.1. The molecule has 0 unspecified atom stereocenters. The summed E-state index contributed by atoms with van der Waals surface area (Å²) in [7, 11) is 0. The van der Waals surface area contributed by atoms with Crippen molar-refractivity contribution in [2.75, 3.05) is 11.9 Å². The van der Waals surface area contributed by atoms with Gasteiger partial charge in [0.2, 0.25) is 5.82 Å². The van der Waals surface area contributed by atoms with E-state index in [0.717, 1.165) is 16.7 Å². The molecule has 0 amide bonds. The van der Waals surface area contributed by atoms with Gasteiger partial charge >= 0.3 is 12.1 Å². The van der Waals surface area contributed by atoms with Crippen LogP contribution in [-0.2, 0) is 11.0 Å². The Balaban J connectivity index is 1.61. The third-order valence-electron chi connectivity index (χ3n) is 4.36. The largest absolute Gasteiger partial charge is 0.481 e. The van der Waals surface area contributed by atoms with Crippen molar-refractivity contribution in [2.45, 2.75) is 12.6 Å². The van der Waals surface area contributed by atoms with Crippen molar-refractivity contribution in [2.24, 2.45) is 0 Å². The predicted octanol–water partition coefficient (Wildman–Crippen LogP) is 5.26. The second-order valence-electron chi connectivity index (χ2n) is 6.62. The number of alkyl halides is 3. The third kappa shape index (κ3) is 4.48. The Bertz CT molecular complexity index is 1320. The van der Waals surface area contributed by atoms with Gasteiger partial charge in [0, 0.05) is 30.2 Å². The Morgan fingerprint density at radius 2 is 1.94 bits per heavy atom. The topological polar surface area (TPSA) is 106 Å². The lowest BCUT2D eigenvalue weighted by atomic mass is 10.2. The number of aliphatic carboxylic acids is 1. The Morgan fingerprint density at radius 3 is 2.62 bits per heavy atom. The molecule has 0 aliphatic rings. The smallest absolute Gasteiger partial charge is 0.417 e. The Labute approximate surface area is 187 Å². The number of pyridine rings is 1. The standard InChI is InChI=1S/C19H12Cl2F3N5O3/c20-12-6-10(25-4-3-15(30)31)1-2-11(12)16-27-18(32-28-16)14-8-29-7-9(19(22,23)24)5-13(21)17(29)26-14/h1-2,5-8,25H,3-4H2,(H,30,31). The molecule has 0 saturated heterocycles. The van der Waals surface area contributed by atoms with Crippen molar-refractivity contribution in [1.82, 2.24) is 19.5 Å². The average molecular weight is 486 g/mol. The minimum absolute atomic E-state index is 0.0342. The van der Waals surface area contributed by atoms with E-state index in [4.69, 9.17) is 32.8 Å². The summed E-state index contributed by atoms with van der Waals surface area (Å²) < 4.78 is 45.4. The van der Waals surface area contributed by atoms with Crippen LogP contribution < -0.4 is 5.32 Å². The van der Waals surface area contributed by atoms with Crippen LogP contribution in [0.2, 0.25) is 10.0 Å². The van der Waals surface area contributed by atoms with Crippen molar-refractivity contribution in [3.05, 3.63) is 52.3 Å². The lowest BCUT2D eigenvalue weighted by Crippen LogP contribution is -2.07. The number of rotatable bonds is 6. The van der Waals surface area contributed by atoms with Crippen molar-refractivity contribution < 1.29 is 27.6 Å². The average Bonchev–Trinajstić information content (AvgIpc) is 3.34. The first kappa shape index (κ1) is 21.9. The molecular weight excluding hydrogens is 474 g/mol. The summed E-state index contributed by atoms with van der Waals surface area (Å²) in [5.41, 5.74) is 0.358. The minimum atomic E-state index is -4.56. The van der Waals surface area contributed by atoms with Gasteiger partial charge in [-0.1, -0.05) is 28.4 Å². The highest BCUT2D eigenvalue weighted by Crippen LogP contribution is 2.34. The summed E-state index contributed by atoms with van der Waals surface area (Å²) in [4.78, 5) is 19.0. The molecule has 0 aliphatic heterocycles. The number of anilines is 1. The Kier molecular flexibility index (Phi) is 5.70. The van der Waals surface area contributed by atoms with Crippen LogP contribution in [0.5, 0.6) is 0 Å². The highest BCUT2D eigenvalue weighted by molar-refractivity contribution is 6.33. The van der Waals surface area contributed by atoms with Crippen LogP contribution in [0.3, 0.4) is 0 Å². The van der Waals surface area contributed by atoms with Gasteiger partial charge in [-0.3, -0.25) is 4.79 Å². The van der Waals surface area contributed by atoms with Gasteiger partial charge in [-0.25, -0.2) is 4.98 Å². The summed E-state index contributed by atoms with van der Waals surface area (Å²) in [5.74, 6) is -0.823. The number of carboxylic acid groups (broad SMARTS) is 1. The molecule has 2 N–H and O–H groups in total. The molecule has 4 rings (SSSR count). The van der Waals surface area contributed by atoms with E-state index in [9.17, 15) is 18.0 Å². The summed E-state index contributed by atoms with van der Waals surface area (Å²) in [6, 6.07) is 5.66. The number of carboxylic acids is 1. The van der Waals surface area contributed by atoms with Crippen LogP contribution in [0.25, 0.3) is 28.6 Å². The van der Waals surface area contributed by atoms with Crippen LogP contribution in [-0.4, -0.2) is 37.1 Å². The van der Waals surface area contributed by atoms with E-state index in [1.54, 1.807) is 18.2 Å². The number of hydrogen-bond donors (Lipinski definition) is 2. The fraction of sp³-hybridized carbons (Fsp3) is 0.158. The number of aromatic nitrogens is 4. The Morgan fingerprint density at radius 1 is 1.16 bits per heavy atom. The van der Waals surface area contributed by atoms with Crippen molar-refractivity contribution in [3.63, 3.8) is 0 Å². The number of fused-ring (bicyclic) bond motifs is 1. The Hall–Kier alpha value is -3.31. The van der Waals surface area contributed by atoms with E-state index in [0.29, 0.717) is 11.3 Å². The zero-order chi connectivity index (χ0) is 23.0. The van der Waals surface area contributed by atoms with Crippen LogP contribution >= 0.6 is 23.2 Å². The zero-order valence-corrected chi connectivity index (χ0v) is 17.3. The number of carbonyl (C=O) groups is 1. The van der Waals surface area contributed by atoms with Gasteiger partial charge in [-0.05, 0) is 24.3 Å². The number of halogens is 5.